The molecule has 0 amide bonds. The number of para-hydroxylation sites is 4. The van der Waals surface area contributed by atoms with E-state index in [1.165, 1.54) is 12.1 Å². The minimum atomic E-state index is -1.85. The minimum absolute atomic E-state index is 0.136. The molecule has 2 N–H and O–H groups in total. The first-order valence-corrected chi connectivity index (χ1v) is 13.9. The lowest BCUT2D eigenvalue weighted by atomic mass is 10.0. The number of rotatable bonds is 5. The predicted molar refractivity (Wildman–Crippen MR) is 144 cm³/mol. The molecule has 0 bridgehead atoms. The molecule has 0 aliphatic carbocycles. The van der Waals surface area contributed by atoms with Gasteiger partial charge in [0.2, 0.25) is 0 Å². The molecule has 0 aromatic heterocycles. The number of benzene rings is 4. The van der Waals surface area contributed by atoms with Crippen molar-refractivity contribution in [3.63, 3.8) is 0 Å². The highest BCUT2D eigenvalue weighted by molar-refractivity contribution is 7.44. The van der Waals surface area contributed by atoms with Crippen molar-refractivity contribution in [2.24, 2.45) is 0 Å². The van der Waals surface area contributed by atoms with Gasteiger partial charge in [-0.15, -0.1) is 18.5 Å². The van der Waals surface area contributed by atoms with Crippen LogP contribution in [0.2, 0.25) is 0 Å². The monoisotopic (exact) mass is 558 g/mol. The quantitative estimate of drug-likeness (QED) is 0.292. The zero-order valence-corrected chi connectivity index (χ0v) is 22.4. The number of aromatic hydroxyl groups is 2. The van der Waals surface area contributed by atoms with Crippen molar-refractivity contribution in [3.8, 4) is 57.1 Å². The largest absolute Gasteiger partial charge is 0.530 e. The highest BCUT2D eigenvalue weighted by Gasteiger charge is 2.35. The van der Waals surface area contributed by atoms with E-state index >= 15 is 0 Å². The second kappa shape index (κ2) is 9.47. The van der Waals surface area contributed by atoms with E-state index in [0.717, 1.165) is 0 Å². The molecule has 0 fully saturated rings. The molecule has 4 aromatic rings. The van der Waals surface area contributed by atoms with Gasteiger partial charge in [0, 0.05) is 10.6 Å². The summed E-state index contributed by atoms with van der Waals surface area (Å²) in [4.78, 5) is 0. The van der Waals surface area contributed by atoms with Crippen molar-refractivity contribution < 1.29 is 37.4 Å². The van der Waals surface area contributed by atoms with Gasteiger partial charge >= 0.3 is 17.2 Å². The number of fused-ring (bicyclic) bond motifs is 2. The Morgan fingerprint density at radius 3 is 1.19 bits per heavy atom. The third-order valence-corrected chi connectivity index (χ3v) is 8.26. The Morgan fingerprint density at radius 1 is 0.528 bits per heavy atom. The molecule has 4 aromatic carbocycles. The summed E-state index contributed by atoms with van der Waals surface area (Å²) in [6.07, 6.45) is 0. The first-order valence-electron chi connectivity index (χ1n) is 10.6. The lowest BCUT2D eigenvalue weighted by Gasteiger charge is -2.21. The Hall–Kier alpha value is -3.00. The Labute approximate surface area is 213 Å². The lowest BCUT2D eigenvalue weighted by Crippen LogP contribution is -2.08. The maximum Gasteiger partial charge on any atom is 0.530 e. The summed E-state index contributed by atoms with van der Waals surface area (Å²) in [6.45, 7) is 0. The third-order valence-electron chi connectivity index (χ3n) is 5.30. The molecular weight excluding hydrogens is 540 g/mol. The maximum atomic E-state index is 11.0. The van der Waals surface area contributed by atoms with Crippen molar-refractivity contribution >= 4 is 46.3 Å². The molecule has 0 saturated carbocycles. The standard InChI is InChI=1S/C24H18O8P4/c25-13-9-11-19(33)23(31-35-27-15-5-1-2-6-16(15)28-35)21(13)22-14(26)10-12-20(34)24(22)32-36-29-17-7-3-4-8-18(17)30-36/h1-12,25-26H,33-34H2. The van der Waals surface area contributed by atoms with Crippen LogP contribution in [0.5, 0.6) is 46.0 Å². The van der Waals surface area contributed by atoms with Gasteiger partial charge in [0.25, 0.3) is 0 Å². The van der Waals surface area contributed by atoms with Gasteiger partial charge in [0.15, 0.2) is 23.0 Å². The minimum Gasteiger partial charge on any atom is -0.507 e. The topological polar surface area (TPSA) is 95.8 Å². The second-order valence-electron chi connectivity index (χ2n) is 7.64. The highest BCUT2D eigenvalue weighted by Crippen LogP contribution is 2.58. The molecule has 8 nitrogen and oxygen atoms in total. The molecule has 2 aliphatic rings. The summed E-state index contributed by atoms with van der Waals surface area (Å²) in [7, 11) is 1.42. The first kappa shape index (κ1) is 23.4. The molecule has 12 heteroatoms. The van der Waals surface area contributed by atoms with Crippen LogP contribution in [0.3, 0.4) is 0 Å². The molecule has 2 atom stereocenters. The van der Waals surface area contributed by atoms with E-state index in [0.29, 0.717) is 33.6 Å². The summed E-state index contributed by atoms with van der Waals surface area (Å²) >= 11 is 0. The molecule has 2 aliphatic heterocycles. The Morgan fingerprint density at radius 2 is 0.861 bits per heavy atom. The van der Waals surface area contributed by atoms with Crippen molar-refractivity contribution in [2.75, 3.05) is 0 Å². The maximum absolute atomic E-state index is 11.0. The van der Waals surface area contributed by atoms with Crippen LogP contribution >= 0.6 is 35.7 Å². The fourth-order valence-corrected chi connectivity index (χ4v) is 6.60. The average Bonchev–Trinajstić information content (AvgIpc) is 3.48. The summed E-state index contributed by atoms with van der Waals surface area (Å²) in [5, 5.41) is 23.2. The smallest absolute Gasteiger partial charge is 0.507 e. The SMILES string of the molecule is Oc1ccc(P)c(OP2Oc3ccccc3O2)c1-c1c(O)ccc(P)c1OP1Oc2ccccc2O1. The fourth-order valence-electron chi connectivity index (χ4n) is 3.64. The summed E-state index contributed by atoms with van der Waals surface area (Å²) in [5.74, 6) is 2.48. The van der Waals surface area contributed by atoms with Gasteiger partial charge < -0.3 is 37.4 Å². The van der Waals surface area contributed by atoms with Crippen molar-refractivity contribution in [3.05, 3.63) is 72.8 Å². The number of hydrogen-bond acceptors (Lipinski definition) is 8. The van der Waals surface area contributed by atoms with Gasteiger partial charge in [-0.3, -0.25) is 0 Å². The highest BCUT2D eigenvalue weighted by atomic mass is 31.2. The van der Waals surface area contributed by atoms with Crippen LogP contribution in [0.1, 0.15) is 0 Å². The van der Waals surface area contributed by atoms with E-state index in [-0.39, 0.29) is 34.1 Å². The number of phenolic OH excluding ortho intramolecular Hbond substituents is 2. The molecule has 0 spiro atoms. The number of phenols is 2. The van der Waals surface area contributed by atoms with Crippen molar-refractivity contribution in [2.45, 2.75) is 0 Å². The molecule has 36 heavy (non-hydrogen) atoms. The normalized spacial score (nSPS) is 14.2. The van der Waals surface area contributed by atoms with E-state index in [2.05, 4.69) is 18.5 Å². The number of hydrogen-bond donors (Lipinski definition) is 2. The van der Waals surface area contributed by atoms with E-state index in [9.17, 15) is 10.2 Å². The average molecular weight is 558 g/mol. The molecule has 182 valence electrons. The second-order valence-corrected chi connectivity index (χ2v) is 10.9. The van der Waals surface area contributed by atoms with Gasteiger partial charge in [0.1, 0.15) is 23.0 Å². The van der Waals surface area contributed by atoms with Crippen molar-refractivity contribution in [1.82, 2.24) is 0 Å². The third kappa shape index (κ3) is 4.25. The van der Waals surface area contributed by atoms with Crippen LogP contribution in [-0.2, 0) is 0 Å². The van der Waals surface area contributed by atoms with Crippen molar-refractivity contribution in [1.29, 1.82) is 0 Å². The molecular formula is C24H18O8P4. The van der Waals surface area contributed by atoms with Crippen LogP contribution in [0.15, 0.2) is 72.8 Å². The van der Waals surface area contributed by atoms with Crippen LogP contribution < -0.4 is 37.8 Å². The van der Waals surface area contributed by atoms with E-state index in [4.69, 9.17) is 27.1 Å². The van der Waals surface area contributed by atoms with E-state index in [1.54, 1.807) is 36.4 Å². The zero-order valence-electron chi connectivity index (χ0n) is 18.3. The van der Waals surface area contributed by atoms with E-state index < -0.39 is 17.2 Å². The Balaban J connectivity index is 1.39. The molecule has 2 unspecified atom stereocenters. The molecule has 6 rings (SSSR count). The van der Waals surface area contributed by atoms with Crippen LogP contribution in [0.4, 0.5) is 0 Å². The zero-order chi connectivity index (χ0) is 24.8. The van der Waals surface area contributed by atoms with Crippen LogP contribution in [0.25, 0.3) is 11.1 Å². The Kier molecular flexibility index (Phi) is 6.15. The fraction of sp³-hybridized carbons (Fsp3) is 0. The van der Waals surface area contributed by atoms with Gasteiger partial charge in [-0.2, -0.15) is 0 Å². The van der Waals surface area contributed by atoms with Gasteiger partial charge in [-0.1, -0.05) is 24.3 Å². The predicted octanol–water partition coefficient (Wildman–Crippen LogP) is 5.92. The van der Waals surface area contributed by atoms with Crippen LogP contribution in [-0.4, -0.2) is 10.2 Å². The summed E-state index contributed by atoms with van der Waals surface area (Å²) in [5.41, 5.74) is 0.410. The van der Waals surface area contributed by atoms with Gasteiger partial charge in [-0.05, 0) is 48.5 Å². The Bertz CT molecular complexity index is 1320. The molecule has 0 radical (unpaired) electrons. The van der Waals surface area contributed by atoms with Gasteiger partial charge in [-0.25, -0.2) is 0 Å². The summed E-state index contributed by atoms with van der Waals surface area (Å²) in [6, 6.07) is 20.8. The molecule has 0 saturated heterocycles. The summed E-state index contributed by atoms with van der Waals surface area (Å²) < 4.78 is 35.5. The molecule has 2 heterocycles. The first-order chi connectivity index (χ1) is 17.5. The lowest BCUT2D eigenvalue weighted by molar-refractivity contribution is 0.426. The van der Waals surface area contributed by atoms with E-state index in [1.807, 2.05) is 24.3 Å². The van der Waals surface area contributed by atoms with Gasteiger partial charge in [0.05, 0.1) is 11.1 Å². The van der Waals surface area contributed by atoms with Crippen LogP contribution in [0, 0.1) is 0 Å².